The average molecular weight is 372 g/mol. The fourth-order valence-electron chi connectivity index (χ4n) is 2.37. The van der Waals surface area contributed by atoms with Gasteiger partial charge >= 0.3 is 0 Å². The normalized spacial score (nSPS) is 12.2. The van der Waals surface area contributed by atoms with Gasteiger partial charge in [-0.2, -0.15) is 0 Å². The maximum Gasteiger partial charge on any atom is 0.192 e. The molecule has 0 N–H and O–H groups in total. The Morgan fingerprint density at radius 2 is 1.73 bits per heavy atom. The second-order valence-electron chi connectivity index (χ2n) is 8.49. The second kappa shape index (κ2) is 7.78. The molecule has 1 heterocycles. The van der Waals surface area contributed by atoms with Crippen molar-refractivity contribution >= 4 is 17.5 Å². The molecule has 0 atom stereocenters. The molecule has 2 rings (SSSR count). The molecule has 0 aliphatic heterocycles. The fourth-order valence-corrected chi connectivity index (χ4v) is 3.48. The van der Waals surface area contributed by atoms with Gasteiger partial charge in [-0.15, -0.1) is 16.8 Å². The number of aromatic nitrogens is 3. The zero-order chi connectivity index (χ0) is 19.5. The number of carbonyl (C=O) groups is 1. The van der Waals surface area contributed by atoms with Gasteiger partial charge in [-0.25, -0.2) is 0 Å². The van der Waals surface area contributed by atoms with Crippen LogP contribution in [0.1, 0.15) is 47.1 Å². The van der Waals surface area contributed by atoms with Crippen LogP contribution in [0.4, 0.5) is 0 Å². The zero-order valence-electron chi connectivity index (χ0n) is 16.7. The first-order valence-electron chi connectivity index (χ1n) is 8.85. The first-order chi connectivity index (χ1) is 12.0. The van der Waals surface area contributed by atoms with Crippen molar-refractivity contribution in [2.75, 3.05) is 5.75 Å². The number of rotatable bonds is 6. The van der Waals surface area contributed by atoms with Crippen LogP contribution in [-0.2, 0) is 16.8 Å². The Morgan fingerprint density at radius 1 is 1.12 bits per heavy atom. The molecule has 1 aromatic heterocycles. The lowest BCUT2D eigenvalue weighted by Crippen LogP contribution is -2.22. The number of Topliss-reactive ketones (excluding diaryl/α,β-unsaturated/α-hetero) is 1. The fraction of sp³-hybridized carbons (Fsp3) is 0.476. The Morgan fingerprint density at radius 3 is 2.23 bits per heavy atom. The van der Waals surface area contributed by atoms with Gasteiger partial charge in [0.05, 0.1) is 5.75 Å². The van der Waals surface area contributed by atoms with E-state index in [9.17, 15) is 4.79 Å². The van der Waals surface area contributed by atoms with Gasteiger partial charge in [0.1, 0.15) is 5.78 Å². The van der Waals surface area contributed by atoms with E-state index in [0.29, 0.717) is 12.3 Å². The summed E-state index contributed by atoms with van der Waals surface area (Å²) in [5.41, 5.74) is 2.06. The van der Waals surface area contributed by atoms with Crippen LogP contribution in [0.2, 0.25) is 0 Å². The lowest BCUT2D eigenvalue weighted by molar-refractivity contribution is -0.123. The lowest BCUT2D eigenvalue weighted by atomic mass is 9.87. The molecule has 2 aromatic rings. The third-order valence-corrected chi connectivity index (χ3v) is 5.17. The van der Waals surface area contributed by atoms with Crippen molar-refractivity contribution in [3.05, 3.63) is 42.5 Å². The van der Waals surface area contributed by atoms with Crippen LogP contribution in [-0.4, -0.2) is 26.3 Å². The number of hydrogen-bond donors (Lipinski definition) is 0. The average Bonchev–Trinajstić information content (AvgIpc) is 2.94. The highest BCUT2D eigenvalue weighted by molar-refractivity contribution is 7.99. The number of nitrogens with zero attached hydrogens (tertiary/aromatic N) is 3. The maximum absolute atomic E-state index is 12.2. The maximum atomic E-state index is 12.2. The van der Waals surface area contributed by atoms with Crippen molar-refractivity contribution in [3.8, 4) is 11.4 Å². The molecule has 4 nitrogen and oxygen atoms in total. The van der Waals surface area contributed by atoms with E-state index in [-0.39, 0.29) is 16.6 Å². The van der Waals surface area contributed by atoms with Crippen LogP contribution < -0.4 is 0 Å². The largest absolute Gasteiger partial charge is 0.298 e. The van der Waals surface area contributed by atoms with Crippen molar-refractivity contribution in [2.45, 2.75) is 58.7 Å². The van der Waals surface area contributed by atoms with Gasteiger partial charge in [-0.3, -0.25) is 9.36 Å². The van der Waals surface area contributed by atoms with Crippen molar-refractivity contribution in [3.63, 3.8) is 0 Å². The minimum absolute atomic E-state index is 0.113. The smallest absolute Gasteiger partial charge is 0.192 e. The summed E-state index contributed by atoms with van der Waals surface area (Å²) in [4.78, 5) is 12.2. The summed E-state index contributed by atoms with van der Waals surface area (Å²) < 4.78 is 2.01. The lowest BCUT2D eigenvalue weighted by Gasteiger charge is -2.19. The van der Waals surface area contributed by atoms with E-state index in [1.807, 2.05) is 31.4 Å². The van der Waals surface area contributed by atoms with Gasteiger partial charge in [0.2, 0.25) is 0 Å². The van der Waals surface area contributed by atoms with Crippen LogP contribution in [0, 0.1) is 5.41 Å². The number of benzene rings is 1. The summed E-state index contributed by atoms with van der Waals surface area (Å²) in [5, 5.41) is 9.43. The Labute approximate surface area is 161 Å². The minimum Gasteiger partial charge on any atom is -0.298 e. The highest BCUT2D eigenvalue weighted by Crippen LogP contribution is 2.28. The Balaban J connectivity index is 2.28. The molecule has 0 bridgehead atoms. The third-order valence-electron chi connectivity index (χ3n) is 4.21. The molecule has 0 aliphatic carbocycles. The van der Waals surface area contributed by atoms with E-state index in [1.165, 1.54) is 17.3 Å². The molecule has 0 saturated carbocycles. The van der Waals surface area contributed by atoms with E-state index < -0.39 is 0 Å². The molecule has 0 unspecified atom stereocenters. The molecule has 0 amide bonds. The molecule has 140 valence electrons. The predicted molar refractivity (Wildman–Crippen MR) is 110 cm³/mol. The molecule has 0 spiro atoms. The standard InChI is InChI=1S/C21H29N3OS/c1-8-13-24-18(15-9-11-16(12-10-15)20(2,3)4)22-23-19(24)26-14-17(25)21(5,6)7/h8-12H,1,13-14H2,2-7H3. The Bertz CT molecular complexity index is 777. The summed E-state index contributed by atoms with van der Waals surface area (Å²) in [6.45, 7) is 16.9. The van der Waals surface area contributed by atoms with Gasteiger partial charge in [-0.05, 0) is 11.0 Å². The van der Waals surface area contributed by atoms with Crippen LogP contribution >= 0.6 is 11.8 Å². The van der Waals surface area contributed by atoms with Gasteiger partial charge in [0.15, 0.2) is 11.0 Å². The SMILES string of the molecule is C=CCn1c(SCC(=O)C(C)(C)C)nnc1-c1ccc(C(C)(C)C)cc1. The molecular formula is C21H29N3OS. The predicted octanol–water partition coefficient (Wildman–Crippen LogP) is 5.14. The quantitative estimate of drug-likeness (QED) is 0.521. The molecule has 5 heteroatoms. The number of ketones is 1. The summed E-state index contributed by atoms with van der Waals surface area (Å²) in [7, 11) is 0. The van der Waals surface area contributed by atoms with E-state index in [2.05, 4.69) is 61.8 Å². The van der Waals surface area contributed by atoms with Crippen LogP contribution in [0.3, 0.4) is 0 Å². The van der Waals surface area contributed by atoms with Gasteiger partial charge in [0, 0.05) is 17.5 Å². The van der Waals surface area contributed by atoms with Crippen LogP contribution in [0.25, 0.3) is 11.4 Å². The number of hydrogen-bond acceptors (Lipinski definition) is 4. The first-order valence-corrected chi connectivity index (χ1v) is 9.83. The van der Waals surface area contributed by atoms with E-state index in [1.54, 1.807) is 0 Å². The van der Waals surface area contributed by atoms with Crippen LogP contribution in [0.15, 0.2) is 42.1 Å². The van der Waals surface area contributed by atoms with Crippen molar-refractivity contribution in [2.24, 2.45) is 5.41 Å². The third kappa shape index (κ3) is 4.85. The summed E-state index contributed by atoms with van der Waals surface area (Å²) in [6, 6.07) is 8.44. The summed E-state index contributed by atoms with van der Waals surface area (Å²) in [6.07, 6.45) is 1.83. The van der Waals surface area contributed by atoms with Gasteiger partial charge in [0.25, 0.3) is 0 Å². The van der Waals surface area contributed by atoms with Crippen molar-refractivity contribution in [1.29, 1.82) is 0 Å². The van der Waals surface area contributed by atoms with Crippen molar-refractivity contribution < 1.29 is 4.79 Å². The first kappa shape index (κ1) is 20.4. The number of thioether (sulfide) groups is 1. The van der Waals surface area contributed by atoms with Crippen LogP contribution in [0.5, 0.6) is 0 Å². The molecule has 26 heavy (non-hydrogen) atoms. The summed E-state index contributed by atoms with van der Waals surface area (Å²) in [5.74, 6) is 1.39. The van der Waals surface area contributed by atoms with Gasteiger partial charge in [-0.1, -0.05) is 83.6 Å². The molecular weight excluding hydrogens is 342 g/mol. The number of carbonyl (C=O) groups excluding carboxylic acids is 1. The zero-order valence-corrected chi connectivity index (χ0v) is 17.5. The minimum atomic E-state index is -0.345. The topological polar surface area (TPSA) is 47.8 Å². The molecule has 0 radical (unpaired) electrons. The Kier molecular flexibility index (Phi) is 6.12. The molecule has 0 aliphatic rings. The Hall–Kier alpha value is -1.88. The molecule has 1 aromatic carbocycles. The van der Waals surface area contributed by atoms with E-state index >= 15 is 0 Å². The summed E-state index contributed by atoms with van der Waals surface area (Å²) >= 11 is 1.44. The highest BCUT2D eigenvalue weighted by Gasteiger charge is 2.23. The monoisotopic (exact) mass is 371 g/mol. The number of allylic oxidation sites excluding steroid dienone is 1. The van der Waals surface area contributed by atoms with Gasteiger partial charge < -0.3 is 0 Å². The molecule has 0 saturated heterocycles. The molecule has 0 fully saturated rings. The van der Waals surface area contributed by atoms with Crippen molar-refractivity contribution in [1.82, 2.24) is 14.8 Å². The second-order valence-corrected chi connectivity index (χ2v) is 9.44. The van der Waals surface area contributed by atoms with E-state index in [4.69, 9.17) is 0 Å². The van der Waals surface area contributed by atoms with E-state index in [0.717, 1.165) is 16.5 Å². The highest BCUT2D eigenvalue weighted by atomic mass is 32.2.